The van der Waals surface area contributed by atoms with Crippen LogP contribution >= 0.6 is 0 Å². The number of aromatic nitrogens is 2. The second-order valence-electron chi connectivity index (χ2n) is 8.10. The molecule has 0 unspecified atom stereocenters. The fourth-order valence-corrected chi connectivity index (χ4v) is 4.48. The van der Waals surface area contributed by atoms with E-state index in [1.165, 1.54) is 5.56 Å². The van der Waals surface area contributed by atoms with Gasteiger partial charge in [0.1, 0.15) is 0 Å². The van der Waals surface area contributed by atoms with Crippen LogP contribution in [-0.4, -0.2) is 33.7 Å². The van der Waals surface area contributed by atoms with Crippen molar-refractivity contribution in [2.75, 3.05) is 13.1 Å². The number of carbonyl (C=O) groups is 1. The Morgan fingerprint density at radius 2 is 1.80 bits per heavy atom. The summed E-state index contributed by atoms with van der Waals surface area (Å²) in [5, 5.41) is 2.18. The lowest BCUT2D eigenvalue weighted by Gasteiger charge is -2.31. The number of piperidine rings is 1. The van der Waals surface area contributed by atoms with Gasteiger partial charge in [0, 0.05) is 29.9 Å². The van der Waals surface area contributed by atoms with Crippen molar-refractivity contribution in [3.63, 3.8) is 0 Å². The van der Waals surface area contributed by atoms with Crippen molar-refractivity contribution in [2.24, 2.45) is 5.92 Å². The molecule has 1 N–H and O–H groups in total. The molecule has 4 aromatic rings. The highest BCUT2D eigenvalue weighted by molar-refractivity contribution is 6.10. The molecule has 0 spiro atoms. The van der Waals surface area contributed by atoms with Crippen LogP contribution in [0.15, 0.2) is 79.3 Å². The number of aromatic amines is 1. The summed E-state index contributed by atoms with van der Waals surface area (Å²) in [7, 11) is 0. The van der Waals surface area contributed by atoms with Crippen LogP contribution in [-0.2, 0) is 6.54 Å². The van der Waals surface area contributed by atoms with Crippen LogP contribution in [0.25, 0.3) is 21.9 Å². The summed E-state index contributed by atoms with van der Waals surface area (Å²) in [5.41, 5.74) is 4.31. The van der Waals surface area contributed by atoms with Crippen molar-refractivity contribution in [2.45, 2.75) is 19.4 Å². The number of H-pyrrole nitrogens is 1. The van der Waals surface area contributed by atoms with Gasteiger partial charge in [0.25, 0.3) is 0 Å². The van der Waals surface area contributed by atoms with E-state index >= 15 is 0 Å². The van der Waals surface area contributed by atoms with Gasteiger partial charge >= 0.3 is 0 Å². The van der Waals surface area contributed by atoms with E-state index in [2.05, 4.69) is 51.3 Å². The molecule has 1 aromatic heterocycles. The number of benzene rings is 3. The van der Waals surface area contributed by atoms with Crippen LogP contribution in [0.5, 0.6) is 0 Å². The van der Waals surface area contributed by atoms with Crippen molar-refractivity contribution < 1.29 is 4.79 Å². The van der Waals surface area contributed by atoms with Crippen LogP contribution < -0.4 is 0 Å². The van der Waals surface area contributed by atoms with Gasteiger partial charge in [0.05, 0.1) is 6.33 Å². The first-order valence-corrected chi connectivity index (χ1v) is 10.6. The Kier molecular flexibility index (Phi) is 5.16. The highest BCUT2D eigenvalue weighted by Gasteiger charge is 2.27. The Bertz CT molecular complexity index is 1140. The zero-order valence-corrected chi connectivity index (χ0v) is 16.9. The van der Waals surface area contributed by atoms with E-state index in [1.54, 1.807) is 6.33 Å². The van der Waals surface area contributed by atoms with Gasteiger partial charge in [-0.1, -0.05) is 60.7 Å². The number of fused-ring (bicyclic) bond motifs is 1. The largest absolute Gasteiger partial charge is 0.347 e. The van der Waals surface area contributed by atoms with E-state index in [0.717, 1.165) is 60.1 Å². The molecule has 0 amide bonds. The molecular weight excluding hydrogens is 370 g/mol. The predicted molar refractivity (Wildman–Crippen MR) is 120 cm³/mol. The Morgan fingerprint density at radius 3 is 2.57 bits per heavy atom. The van der Waals surface area contributed by atoms with E-state index in [9.17, 15) is 4.79 Å². The lowest BCUT2D eigenvalue weighted by Crippen LogP contribution is -2.36. The van der Waals surface area contributed by atoms with Crippen LogP contribution in [0, 0.1) is 5.92 Å². The first kappa shape index (κ1) is 18.8. The first-order chi connectivity index (χ1) is 14.8. The van der Waals surface area contributed by atoms with Gasteiger partial charge in [-0.05, 0) is 53.9 Å². The van der Waals surface area contributed by atoms with Crippen LogP contribution in [0.3, 0.4) is 0 Å². The summed E-state index contributed by atoms with van der Waals surface area (Å²) in [6, 6.07) is 22.9. The van der Waals surface area contributed by atoms with Crippen molar-refractivity contribution in [3.05, 3.63) is 90.5 Å². The summed E-state index contributed by atoms with van der Waals surface area (Å²) in [6.07, 6.45) is 5.40. The fourth-order valence-electron chi connectivity index (χ4n) is 4.48. The molecule has 1 aliphatic heterocycles. The molecule has 1 saturated heterocycles. The summed E-state index contributed by atoms with van der Waals surface area (Å²) in [4.78, 5) is 23.1. The van der Waals surface area contributed by atoms with E-state index in [1.807, 2.05) is 36.5 Å². The first-order valence-electron chi connectivity index (χ1n) is 10.6. The van der Waals surface area contributed by atoms with E-state index < -0.39 is 0 Å². The second kappa shape index (κ2) is 8.25. The molecule has 0 saturated carbocycles. The third kappa shape index (κ3) is 3.79. The van der Waals surface area contributed by atoms with Crippen molar-refractivity contribution in [3.8, 4) is 11.1 Å². The number of hydrogen-bond donors (Lipinski definition) is 1. The summed E-state index contributed by atoms with van der Waals surface area (Å²) < 4.78 is 0. The monoisotopic (exact) mass is 395 g/mol. The number of Topliss-reactive ketones (excluding diaryl/α,β-unsaturated/α-hetero) is 1. The third-order valence-corrected chi connectivity index (χ3v) is 6.16. The molecule has 5 rings (SSSR count). The van der Waals surface area contributed by atoms with Crippen LogP contribution in [0.1, 0.15) is 28.9 Å². The Balaban J connectivity index is 1.37. The maximum absolute atomic E-state index is 13.5. The average molecular weight is 396 g/mol. The molecule has 3 aromatic carbocycles. The highest BCUT2D eigenvalue weighted by atomic mass is 16.1. The zero-order chi connectivity index (χ0) is 20.3. The lowest BCUT2D eigenvalue weighted by molar-refractivity contribution is 0.0836. The van der Waals surface area contributed by atoms with Gasteiger partial charge in [0.2, 0.25) is 0 Å². The van der Waals surface area contributed by atoms with Gasteiger partial charge in [0.15, 0.2) is 5.78 Å². The van der Waals surface area contributed by atoms with E-state index in [4.69, 9.17) is 0 Å². The Hall–Kier alpha value is -3.24. The molecule has 0 aliphatic carbocycles. The minimum atomic E-state index is 0.0917. The maximum Gasteiger partial charge on any atom is 0.166 e. The van der Waals surface area contributed by atoms with Gasteiger partial charge in [-0.25, -0.2) is 4.98 Å². The summed E-state index contributed by atoms with van der Waals surface area (Å²) in [6.45, 7) is 2.75. The Labute approximate surface area is 176 Å². The third-order valence-electron chi connectivity index (χ3n) is 6.16. The van der Waals surface area contributed by atoms with Gasteiger partial charge in [-0.3, -0.25) is 9.69 Å². The van der Waals surface area contributed by atoms with Crippen molar-refractivity contribution >= 4 is 16.6 Å². The molecule has 4 heteroatoms. The van der Waals surface area contributed by atoms with E-state index in [0.29, 0.717) is 0 Å². The highest BCUT2D eigenvalue weighted by Crippen LogP contribution is 2.30. The minimum absolute atomic E-state index is 0.0917. The number of ketones is 1. The molecule has 0 bridgehead atoms. The lowest BCUT2D eigenvalue weighted by atomic mass is 9.86. The van der Waals surface area contributed by atoms with Crippen LogP contribution in [0.4, 0.5) is 0 Å². The average Bonchev–Trinajstić information content (AvgIpc) is 3.32. The summed E-state index contributed by atoms with van der Waals surface area (Å²) >= 11 is 0. The minimum Gasteiger partial charge on any atom is -0.347 e. The molecule has 4 nitrogen and oxygen atoms in total. The van der Waals surface area contributed by atoms with Crippen LogP contribution in [0.2, 0.25) is 0 Å². The number of nitrogens with one attached hydrogen (secondary N) is 1. The number of nitrogens with zero attached hydrogens (tertiary/aromatic N) is 2. The topological polar surface area (TPSA) is 49.0 Å². The number of carbonyl (C=O) groups excluding carboxylic acids is 1. The van der Waals surface area contributed by atoms with Gasteiger partial charge < -0.3 is 4.98 Å². The number of imidazole rings is 1. The smallest absolute Gasteiger partial charge is 0.166 e. The molecule has 30 heavy (non-hydrogen) atoms. The normalized spacial score (nSPS) is 15.5. The fraction of sp³-hybridized carbons (Fsp3) is 0.231. The van der Waals surface area contributed by atoms with Gasteiger partial charge in [-0.15, -0.1) is 0 Å². The molecule has 0 atom stereocenters. The van der Waals surface area contributed by atoms with Gasteiger partial charge in [-0.2, -0.15) is 0 Å². The number of likely N-dealkylation sites (tertiary alicyclic amines) is 1. The molecule has 2 heterocycles. The quantitative estimate of drug-likeness (QED) is 0.465. The molecule has 1 aliphatic rings. The van der Waals surface area contributed by atoms with Crippen molar-refractivity contribution in [1.82, 2.24) is 14.9 Å². The molecular formula is C26H25N3O. The van der Waals surface area contributed by atoms with E-state index in [-0.39, 0.29) is 11.7 Å². The molecule has 1 fully saturated rings. The standard InChI is InChI=1S/C26H25N3O/c30-26(21-11-13-29(14-12-21)17-23-16-27-18-28-23)24-8-4-7-20-9-10-22(15-25(20)24)19-5-2-1-3-6-19/h1-10,15-16,18,21H,11-14,17H2,(H,27,28). The maximum atomic E-state index is 13.5. The number of rotatable bonds is 5. The number of hydrogen-bond acceptors (Lipinski definition) is 3. The second-order valence-corrected chi connectivity index (χ2v) is 8.10. The predicted octanol–water partition coefficient (Wildman–Crippen LogP) is 5.32. The van der Waals surface area contributed by atoms with Crippen molar-refractivity contribution in [1.29, 1.82) is 0 Å². The molecule has 150 valence electrons. The zero-order valence-electron chi connectivity index (χ0n) is 16.9. The molecule has 0 radical (unpaired) electrons. The Morgan fingerprint density at radius 1 is 0.967 bits per heavy atom. The summed E-state index contributed by atoms with van der Waals surface area (Å²) in [5.74, 6) is 0.376. The SMILES string of the molecule is O=C(c1cccc2ccc(-c3ccccc3)cc12)C1CCN(Cc2cnc[nH]2)CC1.